The number of amides is 1. The number of nitrogens with one attached hydrogen (secondary N) is 1. The third-order valence-corrected chi connectivity index (χ3v) is 5.44. The summed E-state index contributed by atoms with van der Waals surface area (Å²) in [5.74, 6) is 0.569. The Kier molecular flexibility index (Phi) is 6.27. The molecular weight excluding hydrogens is 300 g/mol. The molecule has 2 fully saturated rings. The van der Waals surface area contributed by atoms with Gasteiger partial charge in [0.15, 0.2) is 0 Å². The first kappa shape index (κ1) is 17.4. The molecule has 0 spiro atoms. The van der Waals surface area contributed by atoms with Crippen LogP contribution < -0.4 is 5.32 Å². The summed E-state index contributed by atoms with van der Waals surface area (Å²) >= 11 is 0. The molecule has 3 rings (SSSR count). The van der Waals surface area contributed by atoms with Crippen molar-refractivity contribution in [2.45, 2.75) is 57.1 Å². The minimum Gasteiger partial charge on any atom is -0.393 e. The lowest BCUT2D eigenvalue weighted by Crippen LogP contribution is -2.48. The Morgan fingerprint density at radius 1 is 1.21 bits per heavy atom. The summed E-state index contributed by atoms with van der Waals surface area (Å²) in [5, 5.41) is 12.9. The van der Waals surface area contributed by atoms with Crippen molar-refractivity contribution in [1.29, 1.82) is 0 Å². The van der Waals surface area contributed by atoms with Gasteiger partial charge in [-0.25, -0.2) is 0 Å². The highest BCUT2D eigenvalue weighted by atomic mass is 16.3. The first-order valence-corrected chi connectivity index (χ1v) is 9.44. The van der Waals surface area contributed by atoms with Crippen LogP contribution in [0.15, 0.2) is 30.3 Å². The molecular formula is C20H30N2O2. The molecule has 24 heavy (non-hydrogen) atoms. The van der Waals surface area contributed by atoms with E-state index in [0.717, 1.165) is 32.2 Å². The van der Waals surface area contributed by atoms with Crippen molar-refractivity contribution in [3.05, 3.63) is 35.9 Å². The average molecular weight is 330 g/mol. The lowest BCUT2D eigenvalue weighted by molar-refractivity contribution is -0.123. The molecule has 4 nitrogen and oxygen atoms in total. The monoisotopic (exact) mass is 330 g/mol. The lowest BCUT2D eigenvalue weighted by Gasteiger charge is -2.38. The molecule has 1 heterocycles. The van der Waals surface area contributed by atoms with E-state index in [1.165, 1.54) is 31.5 Å². The molecule has 1 amide bonds. The van der Waals surface area contributed by atoms with Crippen LogP contribution in [0.5, 0.6) is 0 Å². The zero-order valence-electron chi connectivity index (χ0n) is 14.5. The average Bonchev–Trinajstić information content (AvgIpc) is 3.06. The zero-order valence-corrected chi connectivity index (χ0v) is 14.5. The number of hydrogen-bond donors (Lipinski definition) is 2. The van der Waals surface area contributed by atoms with Crippen molar-refractivity contribution in [2.75, 3.05) is 19.6 Å². The van der Waals surface area contributed by atoms with Crippen molar-refractivity contribution in [1.82, 2.24) is 10.2 Å². The van der Waals surface area contributed by atoms with Crippen LogP contribution in [0, 0.1) is 5.92 Å². The lowest BCUT2D eigenvalue weighted by atomic mass is 9.75. The van der Waals surface area contributed by atoms with Crippen LogP contribution in [0.4, 0.5) is 0 Å². The molecule has 1 aromatic rings. The first-order valence-electron chi connectivity index (χ1n) is 9.44. The van der Waals surface area contributed by atoms with Gasteiger partial charge in [0.25, 0.3) is 0 Å². The van der Waals surface area contributed by atoms with E-state index in [1.54, 1.807) is 0 Å². The van der Waals surface area contributed by atoms with E-state index in [9.17, 15) is 9.90 Å². The summed E-state index contributed by atoms with van der Waals surface area (Å²) in [6.45, 7) is 3.43. The fourth-order valence-electron chi connectivity index (χ4n) is 3.91. The van der Waals surface area contributed by atoms with Crippen molar-refractivity contribution in [3.8, 4) is 0 Å². The minimum absolute atomic E-state index is 0.148. The molecule has 132 valence electrons. The Hall–Kier alpha value is -1.39. The normalized spacial score (nSPS) is 25.2. The van der Waals surface area contributed by atoms with Crippen LogP contribution in [0.25, 0.3) is 0 Å². The van der Waals surface area contributed by atoms with Gasteiger partial charge in [-0.05, 0) is 69.6 Å². The molecule has 0 aromatic heterocycles. The molecule has 2 N–H and O–H groups in total. The van der Waals surface area contributed by atoms with Crippen molar-refractivity contribution < 1.29 is 9.90 Å². The summed E-state index contributed by atoms with van der Waals surface area (Å²) in [5.41, 5.74) is 1.25. The molecule has 2 aliphatic rings. The third kappa shape index (κ3) is 5.05. The van der Waals surface area contributed by atoms with Gasteiger partial charge in [-0.1, -0.05) is 30.3 Å². The second-order valence-corrected chi connectivity index (χ2v) is 7.40. The second-order valence-electron chi connectivity index (χ2n) is 7.40. The van der Waals surface area contributed by atoms with Gasteiger partial charge in [-0.3, -0.25) is 4.79 Å². The number of aliphatic hydroxyl groups is 1. The molecule has 1 aromatic carbocycles. The highest BCUT2D eigenvalue weighted by Gasteiger charge is 2.34. The van der Waals surface area contributed by atoms with Gasteiger partial charge < -0.3 is 15.3 Å². The quantitative estimate of drug-likeness (QED) is 0.769. The number of aliphatic hydroxyl groups excluding tert-OH is 1. The molecule has 0 unspecified atom stereocenters. The second kappa shape index (κ2) is 8.63. The number of nitrogens with zero attached hydrogens (tertiary/aromatic N) is 1. The maximum absolute atomic E-state index is 12.4. The molecule has 0 radical (unpaired) electrons. The van der Waals surface area contributed by atoms with E-state index in [2.05, 4.69) is 22.3 Å². The molecule has 4 heteroatoms. The number of hydrogen-bond acceptors (Lipinski definition) is 3. The van der Waals surface area contributed by atoms with Crippen LogP contribution in [-0.2, 0) is 11.2 Å². The van der Waals surface area contributed by atoms with Crippen LogP contribution in [0.2, 0.25) is 0 Å². The van der Waals surface area contributed by atoms with Gasteiger partial charge in [0, 0.05) is 12.5 Å². The van der Waals surface area contributed by atoms with Gasteiger partial charge in [0.2, 0.25) is 5.91 Å². The van der Waals surface area contributed by atoms with E-state index in [4.69, 9.17) is 0 Å². The molecule has 1 aliphatic heterocycles. The van der Waals surface area contributed by atoms with Crippen LogP contribution >= 0.6 is 0 Å². The SMILES string of the molecule is O=C(CCCN1CCCC1)N[C@@H](Cc1ccccc1)C1CC(O)C1. The maximum atomic E-state index is 12.4. The highest BCUT2D eigenvalue weighted by Crippen LogP contribution is 2.31. The van der Waals surface area contributed by atoms with Crippen molar-refractivity contribution in [3.63, 3.8) is 0 Å². The largest absolute Gasteiger partial charge is 0.393 e. The Morgan fingerprint density at radius 3 is 2.58 bits per heavy atom. The zero-order chi connectivity index (χ0) is 16.8. The number of carbonyl (C=O) groups excluding carboxylic acids is 1. The number of benzene rings is 1. The number of rotatable bonds is 8. The van der Waals surface area contributed by atoms with Crippen LogP contribution in [-0.4, -0.2) is 47.7 Å². The first-order chi connectivity index (χ1) is 11.7. The summed E-state index contributed by atoms with van der Waals surface area (Å²) in [4.78, 5) is 14.8. The van der Waals surface area contributed by atoms with Gasteiger partial charge in [0.05, 0.1) is 6.10 Å². The smallest absolute Gasteiger partial charge is 0.220 e. The summed E-state index contributed by atoms with van der Waals surface area (Å²) < 4.78 is 0. The molecule has 1 saturated heterocycles. The summed E-state index contributed by atoms with van der Waals surface area (Å²) in [6, 6.07) is 10.5. The fraction of sp³-hybridized carbons (Fsp3) is 0.650. The van der Waals surface area contributed by atoms with Gasteiger partial charge >= 0.3 is 0 Å². The third-order valence-electron chi connectivity index (χ3n) is 5.44. The van der Waals surface area contributed by atoms with Crippen LogP contribution in [0.1, 0.15) is 44.1 Å². The van der Waals surface area contributed by atoms with E-state index in [0.29, 0.717) is 12.3 Å². The minimum atomic E-state index is -0.180. The molecule has 1 saturated carbocycles. The summed E-state index contributed by atoms with van der Waals surface area (Å²) in [6.07, 6.45) is 6.45. The van der Waals surface area contributed by atoms with Gasteiger partial charge in [-0.15, -0.1) is 0 Å². The van der Waals surface area contributed by atoms with Crippen molar-refractivity contribution >= 4 is 5.91 Å². The van der Waals surface area contributed by atoms with Gasteiger partial charge in [-0.2, -0.15) is 0 Å². The predicted molar refractivity (Wildman–Crippen MR) is 95.7 cm³/mol. The molecule has 1 aliphatic carbocycles. The summed E-state index contributed by atoms with van der Waals surface area (Å²) in [7, 11) is 0. The van der Waals surface area contributed by atoms with E-state index in [-0.39, 0.29) is 18.1 Å². The molecule has 1 atom stereocenters. The van der Waals surface area contributed by atoms with E-state index >= 15 is 0 Å². The van der Waals surface area contributed by atoms with Gasteiger partial charge in [0.1, 0.15) is 0 Å². The Bertz CT molecular complexity index is 508. The molecule has 0 bridgehead atoms. The fourth-order valence-corrected chi connectivity index (χ4v) is 3.91. The van der Waals surface area contributed by atoms with E-state index < -0.39 is 0 Å². The predicted octanol–water partition coefficient (Wildman–Crippen LogP) is 2.36. The topological polar surface area (TPSA) is 52.6 Å². The standard InChI is InChI=1S/C20H30N2O2/c23-18-14-17(15-18)19(13-16-7-2-1-3-8-16)21-20(24)9-6-12-22-10-4-5-11-22/h1-3,7-8,17-19,23H,4-6,9-15H2,(H,21,24)/t17?,18?,19-/m0/s1. The Balaban J connectivity index is 1.46. The Morgan fingerprint density at radius 2 is 1.92 bits per heavy atom. The van der Waals surface area contributed by atoms with Crippen LogP contribution in [0.3, 0.4) is 0 Å². The Labute approximate surface area is 145 Å². The highest BCUT2D eigenvalue weighted by molar-refractivity contribution is 5.76. The number of carbonyl (C=O) groups is 1. The number of likely N-dealkylation sites (tertiary alicyclic amines) is 1. The maximum Gasteiger partial charge on any atom is 0.220 e. The van der Waals surface area contributed by atoms with Crippen molar-refractivity contribution in [2.24, 2.45) is 5.92 Å². The van der Waals surface area contributed by atoms with E-state index in [1.807, 2.05) is 18.2 Å².